The summed E-state index contributed by atoms with van der Waals surface area (Å²) < 4.78 is 41.5. The van der Waals surface area contributed by atoms with Crippen LogP contribution in [0.3, 0.4) is 0 Å². The molecule has 0 aliphatic carbocycles. The van der Waals surface area contributed by atoms with Gasteiger partial charge in [-0.15, -0.1) is 11.3 Å². The van der Waals surface area contributed by atoms with E-state index in [1.807, 2.05) is 0 Å². The van der Waals surface area contributed by atoms with Crippen LogP contribution in [0.4, 0.5) is 13.2 Å². The summed E-state index contributed by atoms with van der Waals surface area (Å²) in [6.45, 7) is 0.00623. The van der Waals surface area contributed by atoms with Crippen LogP contribution in [-0.4, -0.2) is 22.9 Å². The van der Waals surface area contributed by atoms with Crippen molar-refractivity contribution in [2.45, 2.75) is 12.7 Å². The van der Waals surface area contributed by atoms with Crippen LogP contribution in [0.25, 0.3) is 0 Å². The van der Waals surface area contributed by atoms with Gasteiger partial charge in [-0.05, 0) is 12.1 Å². The van der Waals surface area contributed by atoms with E-state index in [0.29, 0.717) is 11.3 Å². The maximum atomic E-state index is 12.2. The molecule has 5 nitrogen and oxygen atoms in total. The van der Waals surface area contributed by atoms with Gasteiger partial charge < -0.3 is 9.73 Å². The zero-order valence-electron chi connectivity index (χ0n) is 9.73. The Morgan fingerprint density at radius 3 is 2.60 bits per heavy atom. The van der Waals surface area contributed by atoms with Crippen LogP contribution in [-0.2, 0) is 6.54 Å². The molecule has 2 rings (SSSR count). The Morgan fingerprint density at radius 1 is 1.30 bits per heavy atom. The van der Waals surface area contributed by atoms with E-state index in [4.69, 9.17) is 4.42 Å². The highest BCUT2D eigenvalue weighted by Crippen LogP contribution is 2.26. The third-order valence-corrected chi connectivity index (χ3v) is 3.28. The number of ketones is 1. The molecule has 2 heterocycles. The van der Waals surface area contributed by atoms with Gasteiger partial charge in [-0.2, -0.15) is 13.2 Å². The number of nitrogens with one attached hydrogen (secondary N) is 1. The lowest BCUT2D eigenvalue weighted by molar-refractivity contribution is -0.0882. The predicted molar refractivity (Wildman–Crippen MR) is 62.4 cm³/mol. The summed E-state index contributed by atoms with van der Waals surface area (Å²) in [5.74, 6) is -2.30. The average Bonchev–Trinajstić information content (AvgIpc) is 3.05. The number of alkyl halides is 3. The molecule has 1 amide bonds. The zero-order chi connectivity index (χ0) is 14.8. The third kappa shape index (κ3) is 3.23. The van der Waals surface area contributed by atoms with Gasteiger partial charge >= 0.3 is 6.18 Å². The SMILES string of the molecule is O=C(NCc1ncco1)c1ccc(C(=O)C(F)(F)F)s1. The van der Waals surface area contributed by atoms with Crippen molar-refractivity contribution in [3.05, 3.63) is 40.2 Å². The van der Waals surface area contributed by atoms with E-state index in [0.717, 1.165) is 12.1 Å². The van der Waals surface area contributed by atoms with Crippen LogP contribution < -0.4 is 5.32 Å². The first-order valence-corrected chi connectivity index (χ1v) is 6.07. The van der Waals surface area contributed by atoms with Crippen molar-refractivity contribution in [3.63, 3.8) is 0 Å². The van der Waals surface area contributed by atoms with Crippen LogP contribution in [0.1, 0.15) is 25.2 Å². The summed E-state index contributed by atoms with van der Waals surface area (Å²) in [5.41, 5.74) is 0. The number of carbonyl (C=O) groups is 2. The molecule has 0 spiro atoms. The van der Waals surface area contributed by atoms with Gasteiger partial charge in [0.1, 0.15) is 6.26 Å². The van der Waals surface area contributed by atoms with E-state index in [-0.39, 0.29) is 17.3 Å². The second-order valence-electron chi connectivity index (χ2n) is 3.60. The fourth-order valence-electron chi connectivity index (χ4n) is 1.30. The number of halogens is 3. The Hall–Kier alpha value is -2.16. The average molecular weight is 304 g/mol. The summed E-state index contributed by atoms with van der Waals surface area (Å²) in [7, 11) is 0. The van der Waals surface area contributed by atoms with Crippen LogP contribution in [0.5, 0.6) is 0 Å². The number of hydrogen-bond acceptors (Lipinski definition) is 5. The fraction of sp³-hybridized carbons (Fsp3) is 0.182. The number of oxazole rings is 1. The monoisotopic (exact) mass is 304 g/mol. The minimum atomic E-state index is -4.95. The number of aromatic nitrogens is 1. The van der Waals surface area contributed by atoms with E-state index in [1.54, 1.807) is 0 Å². The lowest BCUT2D eigenvalue weighted by Crippen LogP contribution is -2.22. The Labute approximate surface area is 114 Å². The third-order valence-electron chi connectivity index (χ3n) is 2.19. The van der Waals surface area contributed by atoms with E-state index in [9.17, 15) is 22.8 Å². The Bertz CT molecular complexity index is 619. The Kier molecular flexibility index (Phi) is 3.89. The van der Waals surface area contributed by atoms with Crippen LogP contribution >= 0.6 is 11.3 Å². The van der Waals surface area contributed by atoms with Gasteiger partial charge in [0.05, 0.1) is 22.5 Å². The van der Waals surface area contributed by atoms with Crippen molar-refractivity contribution < 1.29 is 27.2 Å². The maximum absolute atomic E-state index is 12.2. The Balaban J connectivity index is 2.01. The molecule has 20 heavy (non-hydrogen) atoms. The van der Waals surface area contributed by atoms with Crippen molar-refractivity contribution in [1.29, 1.82) is 0 Å². The first kappa shape index (κ1) is 14.3. The van der Waals surface area contributed by atoms with Gasteiger partial charge in [0.25, 0.3) is 11.7 Å². The molecular formula is C11H7F3N2O3S. The van der Waals surface area contributed by atoms with Gasteiger partial charge in [0.15, 0.2) is 0 Å². The molecule has 0 atom stereocenters. The van der Waals surface area contributed by atoms with E-state index < -0.39 is 22.7 Å². The van der Waals surface area contributed by atoms with Crippen molar-refractivity contribution in [1.82, 2.24) is 10.3 Å². The molecule has 0 aromatic carbocycles. The van der Waals surface area contributed by atoms with E-state index >= 15 is 0 Å². The molecule has 1 N–H and O–H groups in total. The molecule has 0 unspecified atom stereocenters. The Morgan fingerprint density at radius 2 is 2.00 bits per heavy atom. The number of hydrogen-bond donors (Lipinski definition) is 1. The smallest absolute Gasteiger partial charge is 0.447 e. The highest BCUT2D eigenvalue weighted by atomic mass is 32.1. The van der Waals surface area contributed by atoms with E-state index in [2.05, 4.69) is 10.3 Å². The van der Waals surface area contributed by atoms with Gasteiger partial charge in [-0.3, -0.25) is 9.59 Å². The van der Waals surface area contributed by atoms with Crippen LogP contribution in [0, 0.1) is 0 Å². The number of carbonyl (C=O) groups excluding carboxylic acids is 2. The standard InChI is InChI=1S/C11H7F3N2O3S/c12-11(13,14)9(17)6-1-2-7(20-6)10(18)16-5-8-15-3-4-19-8/h1-4H,5H2,(H,16,18). The first-order valence-electron chi connectivity index (χ1n) is 5.26. The summed E-state index contributed by atoms with van der Waals surface area (Å²) in [5, 5.41) is 2.42. The predicted octanol–water partition coefficient (Wildman–Crippen LogP) is 2.41. The molecule has 0 saturated heterocycles. The molecule has 2 aromatic rings. The van der Waals surface area contributed by atoms with Gasteiger partial charge in [0, 0.05) is 0 Å². The van der Waals surface area contributed by atoms with Crippen LogP contribution in [0.2, 0.25) is 0 Å². The lowest BCUT2D eigenvalue weighted by atomic mass is 10.3. The molecule has 0 saturated carbocycles. The summed E-state index contributed by atoms with van der Waals surface area (Å²) in [6.07, 6.45) is -2.23. The number of thiophene rings is 1. The highest BCUT2D eigenvalue weighted by molar-refractivity contribution is 7.16. The molecule has 0 radical (unpaired) electrons. The number of rotatable bonds is 4. The van der Waals surface area contributed by atoms with Gasteiger partial charge in [-0.25, -0.2) is 4.98 Å². The van der Waals surface area contributed by atoms with Gasteiger partial charge in [0.2, 0.25) is 5.89 Å². The highest BCUT2D eigenvalue weighted by Gasteiger charge is 2.40. The molecule has 0 aliphatic rings. The zero-order valence-corrected chi connectivity index (χ0v) is 10.5. The lowest BCUT2D eigenvalue weighted by Gasteiger charge is -2.01. The second-order valence-corrected chi connectivity index (χ2v) is 4.68. The second kappa shape index (κ2) is 5.45. The molecule has 2 aromatic heterocycles. The van der Waals surface area contributed by atoms with Crippen molar-refractivity contribution >= 4 is 23.0 Å². The van der Waals surface area contributed by atoms with E-state index in [1.165, 1.54) is 12.5 Å². The van der Waals surface area contributed by atoms with Gasteiger partial charge in [-0.1, -0.05) is 0 Å². The first-order chi connectivity index (χ1) is 9.38. The van der Waals surface area contributed by atoms with Crippen LogP contribution in [0.15, 0.2) is 29.0 Å². The minimum Gasteiger partial charge on any atom is -0.447 e. The quantitative estimate of drug-likeness (QED) is 0.880. The molecule has 0 aliphatic heterocycles. The normalized spacial score (nSPS) is 11.3. The number of amides is 1. The molecule has 0 fully saturated rings. The molecule has 9 heteroatoms. The molecule has 106 valence electrons. The fourth-order valence-corrected chi connectivity index (χ4v) is 2.19. The minimum absolute atomic E-state index is 0.00385. The molecule has 0 bridgehead atoms. The van der Waals surface area contributed by atoms with Crippen molar-refractivity contribution in [2.75, 3.05) is 0 Å². The largest absolute Gasteiger partial charge is 0.455 e. The summed E-state index contributed by atoms with van der Waals surface area (Å²) in [6, 6.07) is 2.13. The summed E-state index contributed by atoms with van der Waals surface area (Å²) >= 11 is 0.481. The number of Topliss-reactive ketones (excluding diaryl/α,β-unsaturated/α-hetero) is 1. The topological polar surface area (TPSA) is 72.2 Å². The number of nitrogens with zero attached hydrogens (tertiary/aromatic N) is 1. The summed E-state index contributed by atoms with van der Waals surface area (Å²) in [4.78, 5) is 25.9. The van der Waals surface area contributed by atoms with Crippen molar-refractivity contribution in [3.8, 4) is 0 Å². The van der Waals surface area contributed by atoms with Crippen molar-refractivity contribution in [2.24, 2.45) is 0 Å². The maximum Gasteiger partial charge on any atom is 0.455 e. The molecular weight excluding hydrogens is 297 g/mol.